The minimum Gasteiger partial charge on any atom is -0.484 e. The van der Waals surface area contributed by atoms with Gasteiger partial charge in [0.2, 0.25) is 5.82 Å². The number of hydrogen-bond acceptors (Lipinski definition) is 4. The topological polar surface area (TPSA) is 48.2 Å². The molecule has 0 amide bonds. The Balaban J connectivity index is 1.41. The largest absolute Gasteiger partial charge is 0.484 e. The number of aromatic nitrogens is 2. The summed E-state index contributed by atoms with van der Waals surface area (Å²) in [5, 5.41) is 3.99. The van der Waals surface area contributed by atoms with Gasteiger partial charge in [-0.15, -0.1) is 0 Å². The second-order valence-corrected chi connectivity index (χ2v) is 5.56. The number of ether oxygens (including phenoxy) is 1. The molecule has 0 aliphatic heterocycles. The predicted molar refractivity (Wildman–Crippen MR) is 95.9 cm³/mol. The Hall–Kier alpha value is -3.40. The first-order valence-electron chi connectivity index (χ1n) is 8.05. The van der Waals surface area contributed by atoms with E-state index in [1.54, 1.807) is 0 Å². The summed E-state index contributed by atoms with van der Waals surface area (Å²) < 4.78 is 11.0. The van der Waals surface area contributed by atoms with Gasteiger partial charge in [0.25, 0.3) is 5.89 Å². The van der Waals surface area contributed by atoms with Crippen molar-refractivity contribution in [2.24, 2.45) is 0 Å². The van der Waals surface area contributed by atoms with Crippen LogP contribution in [0.3, 0.4) is 0 Å². The van der Waals surface area contributed by atoms with Crippen LogP contribution in [-0.4, -0.2) is 10.1 Å². The van der Waals surface area contributed by atoms with Crippen molar-refractivity contribution in [1.29, 1.82) is 0 Å². The second kappa shape index (κ2) is 7.01. The van der Waals surface area contributed by atoms with Crippen LogP contribution in [0.1, 0.15) is 5.89 Å². The second-order valence-electron chi connectivity index (χ2n) is 5.56. The zero-order chi connectivity index (χ0) is 16.9. The molecule has 4 nitrogen and oxygen atoms in total. The van der Waals surface area contributed by atoms with Gasteiger partial charge in [-0.05, 0) is 23.3 Å². The molecule has 3 aromatic carbocycles. The van der Waals surface area contributed by atoms with Crippen LogP contribution in [-0.2, 0) is 6.61 Å². The Bertz CT molecular complexity index is 933. The van der Waals surface area contributed by atoms with Crippen LogP contribution in [0.2, 0.25) is 0 Å². The highest BCUT2D eigenvalue weighted by Crippen LogP contribution is 2.22. The molecule has 0 saturated carbocycles. The summed E-state index contributed by atoms with van der Waals surface area (Å²) in [6.07, 6.45) is 0. The van der Waals surface area contributed by atoms with Gasteiger partial charge in [0.1, 0.15) is 5.75 Å². The highest BCUT2D eigenvalue weighted by molar-refractivity contribution is 5.63. The van der Waals surface area contributed by atoms with E-state index in [1.807, 2.05) is 72.8 Å². The molecule has 0 aliphatic carbocycles. The van der Waals surface area contributed by atoms with E-state index in [0.29, 0.717) is 11.7 Å². The molecule has 1 aromatic heterocycles. The molecule has 0 atom stereocenters. The molecule has 0 unspecified atom stereocenters. The first kappa shape index (κ1) is 15.1. The van der Waals surface area contributed by atoms with Crippen LogP contribution in [0.15, 0.2) is 89.5 Å². The Morgan fingerprint density at radius 2 is 1.28 bits per heavy atom. The fraction of sp³-hybridized carbons (Fsp3) is 0.0476. The number of nitrogens with zero attached hydrogens (tertiary/aromatic N) is 2. The molecule has 25 heavy (non-hydrogen) atoms. The zero-order valence-electron chi connectivity index (χ0n) is 13.5. The van der Waals surface area contributed by atoms with E-state index < -0.39 is 0 Å². The summed E-state index contributed by atoms with van der Waals surface area (Å²) in [6.45, 7) is 0.241. The first-order chi connectivity index (χ1) is 12.4. The van der Waals surface area contributed by atoms with Gasteiger partial charge in [-0.25, -0.2) is 0 Å². The van der Waals surface area contributed by atoms with E-state index in [4.69, 9.17) is 9.26 Å². The molecule has 4 rings (SSSR count). The van der Waals surface area contributed by atoms with E-state index in [1.165, 1.54) is 5.56 Å². The summed E-state index contributed by atoms with van der Waals surface area (Å²) in [4.78, 5) is 4.36. The number of benzene rings is 3. The normalized spacial score (nSPS) is 10.6. The Kier molecular flexibility index (Phi) is 4.25. The SMILES string of the molecule is c1ccc(-c2ccc(OCc3nc(-c4ccccc4)no3)cc2)cc1. The summed E-state index contributed by atoms with van der Waals surface area (Å²) >= 11 is 0. The van der Waals surface area contributed by atoms with E-state index in [0.717, 1.165) is 16.9 Å². The van der Waals surface area contributed by atoms with Crippen molar-refractivity contribution in [1.82, 2.24) is 10.1 Å². The summed E-state index contributed by atoms with van der Waals surface area (Å²) in [5.41, 5.74) is 3.25. The molecule has 122 valence electrons. The van der Waals surface area contributed by atoms with Gasteiger partial charge in [-0.2, -0.15) is 4.98 Å². The van der Waals surface area contributed by atoms with E-state index in [9.17, 15) is 0 Å². The van der Waals surface area contributed by atoms with Gasteiger partial charge in [-0.3, -0.25) is 0 Å². The van der Waals surface area contributed by atoms with Gasteiger partial charge in [0.15, 0.2) is 6.61 Å². The molecule has 4 aromatic rings. The maximum atomic E-state index is 5.74. The molecule has 4 heteroatoms. The lowest BCUT2D eigenvalue weighted by Crippen LogP contribution is -1.95. The Labute approximate surface area is 145 Å². The van der Waals surface area contributed by atoms with Gasteiger partial charge < -0.3 is 9.26 Å². The Morgan fingerprint density at radius 1 is 0.680 bits per heavy atom. The maximum absolute atomic E-state index is 5.74. The third kappa shape index (κ3) is 3.58. The van der Waals surface area contributed by atoms with Gasteiger partial charge in [0.05, 0.1) is 0 Å². The predicted octanol–water partition coefficient (Wildman–Crippen LogP) is 4.98. The van der Waals surface area contributed by atoms with Crippen molar-refractivity contribution in [2.45, 2.75) is 6.61 Å². The zero-order valence-corrected chi connectivity index (χ0v) is 13.5. The molecule has 1 heterocycles. The smallest absolute Gasteiger partial charge is 0.264 e. The van der Waals surface area contributed by atoms with Gasteiger partial charge in [-0.1, -0.05) is 78.0 Å². The number of hydrogen-bond donors (Lipinski definition) is 0. The van der Waals surface area contributed by atoms with Crippen LogP contribution in [0, 0.1) is 0 Å². The third-order valence-electron chi connectivity index (χ3n) is 3.82. The lowest BCUT2D eigenvalue weighted by atomic mass is 10.1. The van der Waals surface area contributed by atoms with Crippen LogP contribution in [0.4, 0.5) is 0 Å². The highest BCUT2D eigenvalue weighted by atomic mass is 16.5. The summed E-state index contributed by atoms with van der Waals surface area (Å²) in [7, 11) is 0. The van der Waals surface area contributed by atoms with Crippen molar-refractivity contribution in [3.8, 4) is 28.3 Å². The van der Waals surface area contributed by atoms with Crippen molar-refractivity contribution >= 4 is 0 Å². The third-order valence-corrected chi connectivity index (χ3v) is 3.82. The molecule has 0 N–H and O–H groups in total. The molecular formula is C21H16N2O2. The molecular weight excluding hydrogens is 312 g/mol. The van der Waals surface area contributed by atoms with Crippen molar-refractivity contribution in [3.63, 3.8) is 0 Å². The monoisotopic (exact) mass is 328 g/mol. The average Bonchev–Trinajstić information content (AvgIpc) is 3.17. The van der Waals surface area contributed by atoms with E-state index in [-0.39, 0.29) is 6.61 Å². The van der Waals surface area contributed by atoms with Gasteiger partial charge >= 0.3 is 0 Å². The van der Waals surface area contributed by atoms with Crippen LogP contribution < -0.4 is 4.74 Å². The van der Waals surface area contributed by atoms with E-state index >= 15 is 0 Å². The fourth-order valence-electron chi connectivity index (χ4n) is 2.54. The molecule has 0 bridgehead atoms. The average molecular weight is 328 g/mol. The van der Waals surface area contributed by atoms with Crippen LogP contribution >= 0.6 is 0 Å². The first-order valence-corrected chi connectivity index (χ1v) is 8.05. The quantitative estimate of drug-likeness (QED) is 0.518. The van der Waals surface area contributed by atoms with Crippen molar-refractivity contribution < 1.29 is 9.26 Å². The van der Waals surface area contributed by atoms with Gasteiger partial charge in [0, 0.05) is 5.56 Å². The van der Waals surface area contributed by atoms with Crippen molar-refractivity contribution in [3.05, 3.63) is 90.8 Å². The van der Waals surface area contributed by atoms with Crippen LogP contribution in [0.25, 0.3) is 22.5 Å². The number of rotatable bonds is 5. The minimum atomic E-state index is 0.241. The Morgan fingerprint density at radius 3 is 1.96 bits per heavy atom. The molecule has 0 radical (unpaired) electrons. The summed E-state index contributed by atoms with van der Waals surface area (Å²) in [6, 6.07) is 27.9. The minimum absolute atomic E-state index is 0.241. The van der Waals surface area contributed by atoms with E-state index in [2.05, 4.69) is 22.3 Å². The van der Waals surface area contributed by atoms with Crippen molar-refractivity contribution in [2.75, 3.05) is 0 Å². The maximum Gasteiger partial charge on any atom is 0.264 e. The lowest BCUT2D eigenvalue weighted by molar-refractivity contribution is 0.243. The van der Waals surface area contributed by atoms with Crippen LogP contribution in [0.5, 0.6) is 5.75 Å². The lowest BCUT2D eigenvalue weighted by Gasteiger charge is -2.05. The molecule has 0 saturated heterocycles. The fourth-order valence-corrected chi connectivity index (χ4v) is 2.54. The highest BCUT2D eigenvalue weighted by Gasteiger charge is 2.08. The molecule has 0 aliphatic rings. The molecule has 0 fully saturated rings. The standard InChI is InChI=1S/C21H16N2O2/c1-3-7-16(8-4-1)17-11-13-19(14-12-17)24-15-20-22-21(23-25-20)18-9-5-2-6-10-18/h1-14H,15H2. The summed E-state index contributed by atoms with van der Waals surface area (Å²) in [5.74, 6) is 1.78. The molecule has 0 spiro atoms.